The zero-order valence-corrected chi connectivity index (χ0v) is 12.9. The van der Waals surface area contributed by atoms with Crippen LogP contribution < -0.4 is 11.1 Å². The van der Waals surface area contributed by atoms with Crippen LogP contribution in [0.5, 0.6) is 0 Å². The van der Waals surface area contributed by atoms with Crippen molar-refractivity contribution in [2.24, 2.45) is 0 Å². The molecule has 1 aromatic carbocycles. The monoisotopic (exact) mass is 287 g/mol. The summed E-state index contributed by atoms with van der Waals surface area (Å²) in [5.41, 5.74) is 8.06. The topological polar surface area (TPSA) is 70.9 Å². The molecule has 1 atom stereocenters. The predicted molar refractivity (Wildman–Crippen MR) is 88.4 cm³/mol. The molecule has 0 saturated heterocycles. The molecule has 2 aromatic rings. The van der Waals surface area contributed by atoms with Crippen molar-refractivity contribution in [3.8, 4) is 0 Å². The summed E-state index contributed by atoms with van der Waals surface area (Å²) in [6, 6.07) is 5.85. The van der Waals surface area contributed by atoms with Gasteiger partial charge in [-0.25, -0.2) is 0 Å². The van der Waals surface area contributed by atoms with E-state index in [1.165, 1.54) is 0 Å². The van der Waals surface area contributed by atoms with Gasteiger partial charge in [0.05, 0.1) is 5.56 Å². The summed E-state index contributed by atoms with van der Waals surface area (Å²) in [6.07, 6.45) is 7.23. The van der Waals surface area contributed by atoms with Crippen LogP contribution in [0.3, 0.4) is 0 Å². The van der Waals surface area contributed by atoms with Crippen molar-refractivity contribution in [3.05, 3.63) is 30.0 Å². The molecule has 0 radical (unpaired) electrons. The van der Waals surface area contributed by atoms with Crippen molar-refractivity contribution in [1.29, 1.82) is 0 Å². The Hall–Kier alpha value is -1.97. The third kappa shape index (κ3) is 3.78. The number of amides is 1. The molecule has 4 heteroatoms. The molecule has 21 heavy (non-hydrogen) atoms. The number of fused-ring (bicyclic) bond motifs is 1. The van der Waals surface area contributed by atoms with E-state index in [0.717, 1.165) is 43.0 Å². The molecule has 0 aliphatic carbocycles. The van der Waals surface area contributed by atoms with Crippen LogP contribution in [0.1, 0.15) is 56.3 Å². The van der Waals surface area contributed by atoms with E-state index in [4.69, 9.17) is 5.73 Å². The van der Waals surface area contributed by atoms with Crippen LogP contribution in [-0.2, 0) is 0 Å². The molecule has 1 amide bonds. The zero-order chi connectivity index (χ0) is 15.2. The first-order chi connectivity index (χ1) is 10.2. The Kier molecular flexibility index (Phi) is 5.26. The Bertz CT molecular complexity index is 603. The normalized spacial score (nSPS) is 12.5. The highest BCUT2D eigenvalue weighted by Crippen LogP contribution is 2.21. The Morgan fingerprint density at radius 2 is 2.10 bits per heavy atom. The van der Waals surface area contributed by atoms with Crippen molar-refractivity contribution < 1.29 is 4.79 Å². The molecule has 4 N–H and O–H groups in total. The van der Waals surface area contributed by atoms with Crippen molar-refractivity contribution >= 4 is 22.5 Å². The van der Waals surface area contributed by atoms with E-state index in [9.17, 15) is 4.79 Å². The summed E-state index contributed by atoms with van der Waals surface area (Å²) < 4.78 is 0. The van der Waals surface area contributed by atoms with Gasteiger partial charge in [0.1, 0.15) is 0 Å². The van der Waals surface area contributed by atoms with Gasteiger partial charge in [-0.3, -0.25) is 4.79 Å². The molecule has 0 fully saturated rings. The third-order valence-electron chi connectivity index (χ3n) is 3.83. The number of hydrogen-bond donors (Lipinski definition) is 3. The van der Waals surface area contributed by atoms with Gasteiger partial charge in [-0.1, -0.05) is 33.1 Å². The van der Waals surface area contributed by atoms with Crippen LogP contribution in [0.4, 0.5) is 5.69 Å². The van der Waals surface area contributed by atoms with Crippen molar-refractivity contribution in [2.45, 2.75) is 52.0 Å². The standard InChI is InChI=1S/C17H25N3O/c1-3-5-7-13(6-4-2)20-17(21)15-11-19-16-10-12(18)8-9-14(15)16/h8-11,13,19H,3-7,18H2,1-2H3,(H,20,21). The van der Waals surface area contributed by atoms with Crippen molar-refractivity contribution in [1.82, 2.24) is 10.3 Å². The largest absolute Gasteiger partial charge is 0.399 e. The molecule has 0 saturated carbocycles. The van der Waals surface area contributed by atoms with Gasteiger partial charge in [0.15, 0.2) is 0 Å². The number of nitrogens with two attached hydrogens (primary N) is 1. The maximum atomic E-state index is 12.5. The van der Waals surface area contributed by atoms with E-state index in [2.05, 4.69) is 24.1 Å². The number of aromatic nitrogens is 1. The lowest BCUT2D eigenvalue weighted by molar-refractivity contribution is 0.0934. The molecule has 114 valence electrons. The molecule has 4 nitrogen and oxygen atoms in total. The molecule has 0 aliphatic heterocycles. The molecule has 0 spiro atoms. The fourth-order valence-corrected chi connectivity index (χ4v) is 2.68. The van der Waals surface area contributed by atoms with Gasteiger partial charge in [-0.05, 0) is 31.0 Å². The van der Waals surface area contributed by atoms with Crippen LogP contribution >= 0.6 is 0 Å². The molecule has 1 aromatic heterocycles. The molecule has 1 unspecified atom stereocenters. The van der Waals surface area contributed by atoms with Crippen LogP contribution in [0.15, 0.2) is 24.4 Å². The fraction of sp³-hybridized carbons (Fsp3) is 0.471. The van der Waals surface area contributed by atoms with E-state index in [1.807, 2.05) is 18.2 Å². The molecule has 2 rings (SSSR count). The Balaban J connectivity index is 2.13. The second-order valence-electron chi connectivity index (χ2n) is 5.61. The molecular formula is C17H25N3O. The van der Waals surface area contributed by atoms with Gasteiger partial charge < -0.3 is 16.0 Å². The van der Waals surface area contributed by atoms with E-state index >= 15 is 0 Å². The quantitative estimate of drug-likeness (QED) is 0.677. The van der Waals surface area contributed by atoms with E-state index in [-0.39, 0.29) is 11.9 Å². The van der Waals surface area contributed by atoms with E-state index < -0.39 is 0 Å². The number of H-pyrrole nitrogens is 1. The van der Waals surface area contributed by atoms with Crippen LogP contribution in [0, 0.1) is 0 Å². The van der Waals surface area contributed by atoms with Crippen LogP contribution in [0.25, 0.3) is 10.9 Å². The summed E-state index contributed by atoms with van der Waals surface area (Å²) in [7, 11) is 0. The third-order valence-corrected chi connectivity index (χ3v) is 3.83. The average Bonchev–Trinajstić information content (AvgIpc) is 2.87. The lowest BCUT2D eigenvalue weighted by Crippen LogP contribution is -2.34. The lowest BCUT2D eigenvalue weighted by Gasteiger charge is -2.17. The highest BCUT2D eigenvalue weighted by Gasteiger charge is 2.16. The second-order valence-corrected chi connectivity index (χ2v) is 5.61. The Labute approximate surface area is 126 Å². The summed E-state index contributed by atoms with van der Waals surface area (Å²) in [5.74, 6) is 0.000532. The number of carbonyl (C=O) groups excluding carboxylic acids is 1. The summed E-state index contributed by atoms with van der Waals surface area (Å²) in [5, 5.41) is 4.10. The number of unbranched alkanes of at least 4 members (excludes halogenated alkanes) is 1. The number of nitrogen functional groups attached to an aromatic ring is 1. The maximum absolute atomic E-state index is 12.5. The zero-order valence-electron chi connectivity index (χ0n) is 12.9. The molecular weight excluding hydrogens is 262 g/mol. The second kappa shape index (κ2) is 7.16. The van der Waals surface area contributed by atoms with Gasteiger partial charge in [-0.15, -0.1) is 0 Å². The van der Waals surface area contributed by atoms with Gasteiger partial charge in [0.25, 0.3) is 5.91 Å². The van der Waals surface area contributed by atoms with Crippen molar-refractivity contribution in [2.75, 3.05) is 5.73 Å². The minimum absolute atomic E-state index is 0.000532. The fourth-order valence-electron chi connectivity index (χ4n) is 2.68. The van der Waals surface area contributed by atoms with E-state index in [1.54, 1.807) is 6.20 Å². The molecule has 1 heterocycles. The average molecular weight is 287 g/mol. The van der Waals surface area contributed by atoms with Gasteiger partial charge in [-0.2, -0.15) is 0 Å². The minimum Gasteiger partial charge on any atom is -0.399 e. The number of anilines is 1. The number of carbonyl (C=O) groups is 1. The van der Waals surface area contributed by atoms with Gasteiger partial charge in [0, 0.05) is 28.8 Å². The molecule has 0 aliphatic rings. The Morgan fingerprint density at radius 1 is 1.29 bits per heavy atom. The highest BCUT2D eigenvalue weighted by molar-refractivity contribution is 6.07. The number of nitrogens with one attached hydrogen (secondary N) is 2. The van der Waals surface area contributed by atoms with Gasteiger partial charge in [0.2, 0.25) is 0 Å². The first-order valence-corrected chi connectivity index (χ1v) is 7.83. The minimum atomic E-state index is 0.000532. The summed E-state index contributed by atoms with van der Waals surface area (Å²) in [6.45, 7) is 4.33. The summed E-state index contributed by atoms with van der Waals surface area (Å²) >= 11 is 0. The number of hydrogen-bond acceptors (Lipinski definition) is 2. The van der Waals surface area contributed by atoms with E-state index in [0.29, 0.717) is 11.3 Å². The smallest absolute Gasteiger partial charge is 0.253 e. The lowest BCUT2D eigenvalue weighted by atomic mass is 10.0. The van der Waals surface area contributed by atoms with Crippen LogP contribution in [-0.4, -0.2) is 16.9 Å². The SMILES string of the molecule is CCCCC(CCC)NC(=O)c1c[nH]c2cc(N)ccc12. The first kappa shape index (κ1) is 15.4. The summed E-state index contributed by atoms with van der Waals surface area (Å²) in [4.78, 5) is 15.6. The molecule has 0 bridgehead atoms. The number of aromatic amines is 1. The highest BCUT2D eigenvalue weighted by atomic mass is 16.1. The number of rotatable bonds is 7. The Morgan fingerprint density at radius 3 is 2.81 bits per heavy atom. The first-order valence-electron chi connectivity index (χ1n) is 7.83. The van der Waals surface area contributed by atoms with Crippen molar-refractivity contribution in [3.63, 3.8) is 0 Å². The maximum Gasteiger partial charge on any atom is 0.253 e. The van der Waals surface area contributed by atoms with Gasteiger partial charge >= 0.3 is 0 Å². The van der Waals surface area contributed by atoms with Crippen LogP contribution in [0.2, 0.25) is 0 Å². The number of benzene rings is 1. The predicted octanol–water partition coefficient (Wildman–Crippen LogP) is 3.84.